The maximum absolute atomic E-state index is 2.47. The molecule has 1 aromatic rings. The van der Waals surface area contributed by atoms with Gasteiger partial charge >= 0.3 is 132 Å². The minimum absolute atomic E-state index is 0.0471. The van der Waals surface area contributed by atoms with E-state index >= 15 is 0 Å². The van der Waals surface area contributed by atoms with Crippen molar-refractivity contribution in [2.45, 2.75) is 64.7 Å². The number of hydrogen-bond donors (Lipinski definition) is 0. The van der Waals surface area contributed by atoms with Gasteiger partial charge in [0.05, 0.1) is 0 Å². The predicted octanol–water partition coefficient (Wildman–Crippen LogP) is 3.72. The summed E-state index contributed by atoms with van der Waals surface area (Å²) in [6.07, 6.45) is 0. The second-order valence-electron chi connectivity index (χ2n) is 8.05. The minimum atomic E-state index is -0.0471. The number of rotatable bonds is 3. The summed E-state index contributed by atoms with van der Waals surface area (Å²) >= 11 is -0.0471. The average Bonchev–Trinajstić information content (AvgIpc) is 2.24. The molecule has 2 heteroatoms. The quantitative estimate of drug-likeness (QED) is 0.762. The molecule has 1 nitrogen and oxygen atoms in total. The van der Waals surface area contributed by atoms with E-state index in [4.69, 9.17) is 0 Å². The van der Waals surface area contributed by atoms with Gasteiger partial charge in [-0.1, -0.05) is 0 Å². The van der Waals surface area contributed by atoms with Gasteiger partial charge in [0.25, 0.3) is 0 Å². The first-order valence-electron chi connectivity index (χ1n) is 7.47. The van der Waals surface area contributed by atoms with Gasteiger partial charge < -0.3 is 0 Å². The summed E-state index contributed by atoms with van der Waals surface area (Å²) in [6.45, 7) is 15.0. The molecule has 0 unspecified atom stereocenters. The van der Waals surface area contributed by atoms with Crippen LogP contribution in [0.4, 0.5) is 0 Å². The Morgan fingerprint density at radius 3 is 1.85 bits per heavy atom. The van der Waals surface area contributed by atoms with E-state index < -0.39 is 0 Å². The Morgan fingerprint density at radius 1 is 0.950 bits per heavy atom. The molecule has 1 aromatic carbocycles. The zero-order valence-electron chi connectivity index (χ0n) is 14.8. The molecular weight excluding hydrogens is 303 g/mol. The van der Waals surface area contributed by atoms with Crippen LogP contribution >= 0.6 is 0 Å². The zero-order valence-corrected chi connectivity index (χ0v) is 16.9. The maximum atomic E-state index is 2.47. The van der Waals surface area contributed by atoms with E-state index in [-0.39, 0.29) is 26.3 Å². The molecule has 112 valence electrons. The van der Waals surface area contributed by atoms with E-state index in [1.807, 2.05) is 0 Å². The van der Waals surface area contributed by atoms with Gasteiger partial charge in [0.15, 0.2) is 0 Å². The second kappa shape index (κ2) is 6.23. The topological polar surface area (TPSA) is 3.24 Å². The van der Waals surface area contributed by atoms with Gasteiger partial charge in [-0.25, -0.2) is 0 Å². The van der Waals surface area contributed by atoms with Crippen LogP contribution in [0.5, 0.6) is 0 Å². The molecule has 0 aromatic heterocycles. The van der Waals surface area contributed by atoms with Crippen molar-refractivity contribution in [3.8, 4) is 0 Å². The Bertz CT molecular complexity index is 462. The summed E-state index contributed by atoms with van der Waals surface area (Å²) in [4.78, 5) is 2.29. The first-order valence-corrected chi connectivity index (χ1v) is 10.6. The third kappa shape index (κ3) is 4.36. The van der Waals surface area contributed by atoms with Gasteiger partial charge in [-0.2, -0.15) is 0 Å². The van der Waals surface area contributed by atoms with Crippen LogP contribution in [0.3, 0.4) is 0 Å². The molecule has 0 aliphatic heterocycles. The first-order chi connectivity index (χ1) is 8.96. The summed E-state index contributed by atoms with van der Waals surface area (Å²) in [6, 6.07) is 4.93. The van der Waals surface area contributed by atoms with E-state index in [9.17, 15) is 0 Å². The standard InChI is InChI=1S/C18H31GeN/c1-17(2,3)14-10-13(12-20(8)9)16(19-7)15(11-14)18(4,5)6/h10-11H,12H2,1-9H3. The van der Waals surface area contributed by atoms with Gasteiger partial charge in [0.1, 0.15) is 0 Å². The molecule has 1 rings (SSSR count). The molecule has 0 aliphatic carbocycles. The molecule has 0 N–H and O–H groups in total. The molecular formula is C18H31GeN. The Labute approximate surface area is 132 Å². The van der Waals surface area contributed by atoms with E-state index in [0.717, 1.165) is 6.54 Å². The van der Waals surface area contributed by atoms with Crippen LogP contribution in [-0.2, 0) is 17.4 Å². The summed E-state index contributed by atoms with van der Waals surface area (Å²) in [5, 5.41) is 0. The Morgan fingerprint density at radius 2 is 1.50 bits per heavy atom. The molecule has 0 spiro atoms. The van der Waals surface area contributed by atoms with Crippen LogP contribution in [0, 0.1) is 0 Å². The molecule has 0 atom stereocenters. The molecule has 0 amide bonds. The van der Waals surface area contributed by atoms with Crippen molar-refractivity contribution in [2.24, 2.45) is 0 Å². The monoisotopic (exact) mass is 335 g/mol. The zero-order chi connectivity index (χ0) is 15.7. The van der Waals surface area contributed by atoms with Crippen LogP contribution in [0.1, 0.15) is 58.2 Å². The Hall–Kier alpha value is -0.277. The van der Waals surface area contributed by atoms with Crippen LogP contribution in [0.25, 0.3) is 0 Å². The molecule has 0 heterocycles. The van der Waals surface area contributed by atoms with E-state index in [1.165, 1.54) is 5.56 Å². The fraction of sp³-hybridized carbons (Fsp3) is 0.667. The van der Waals surface area contributed by atoms with Crippen molar-refractivity contribution < 1.29 is 0 Å². The first kappa shape index (κ1) is 17.8. The molecule has 0 aliphatic rings. The van der Waals surface area contributed by atoms with Crippen LogP contribution in [-0.4, -0.2) is 34.4 Å². The molecule has 0 bridgehead atoms. The summed E-state index contributed by atoms with van der Waals surface area (Å²) in [5.74, 6) is 2.40. The predicted molar refractivity (Wildman–Crippen MR) is 92.5 cm³/mol. The number of hydrogen-bond acceptors (Lipinski definition) is 1. The third-order valence-corrected chi connectivity index (χ3v) is 5.92. The van der Waals surface area contributed by atoms with Gasteiger partial charge in [0.2, 0.25) is 0 Å². The Balaban J connectivity index is 3.56. The van der Waals surface area contributed by atoms with E-state index in [2.05, 4.69) is 78.4 Å². The van der Waals surface area contributed by atoms with E-state index in [0.29, 0.717) is 0 Å². The number of nitrogens with zero attached hydrogens (tertiary/aromatic N) is 1. The van der Waals surface area contributed by atoms with Gasteiger partial charge in [-0.05, 0) is 0 Å². The van der Waals surface area contributed by atoms with Crippen molar-refractivity contribution in [3.05, 3.63) is 28.8 Å². The molecule has 0 fully saturated rings. The van der Waals surface area contributed by atoms with Crippen molar-refractivity contribution in [1.82, 2.24) is 4.90 Å². The van der Waals surface area contributed by atoms with Crippen LogP contribution < -0.4 is 4.40 Å². The SMILES string of the molecule is [CH3][Ge][c]1c(CN(C)C)cc(C(C)(C)C)cc1C(C)(C)C. The van der Waals surface area contributed by atoms with Crippen LogP contribution in [0.15, 0.2) is 12.1 Å². The average molecular weight is 334 g/mol. The third-order valence-electron chi connectivity index (χ3n) is 3.63. The van der Waals surface area contributed by atoms with Crippen molar-refractivity contribution in [1.29, 1.82) is 0 Å². The fourth-order valence-corrected chi connectivity index (χ4v) is 4.98. The second-order valence-corrected chi connectivity index (χ2v) is 10.1. The summed E-state index contributed by atoms with van der Waals surface area (Å²) in [7, 11) is 4.33. The Kier molecular flexibility index (Phi) is 5.54. The summed E-state index contributed by atoms with van der Waals surface area (Å²) < 4.78 is 1.67. The van der Waals surface area contributed by atoms with Gasteiger partial charge in [0, 0.05) is 0 Å². The molecule has 20 heavy (non-hydrogen) atoms. The fourth-order valence-electron chi connectivity index (χ4n) is 2.49. The summed E-state index contributed by atoms with van der Waals surface area (Å²) in [5.41, 5.74) is 5.05. The van der Waals surface area contributed by atoms with Crippen molar-refractivity contribution >= 4 is 19.8 Å². The van der Waals surface area contributed by atoms with Crippen molar-refractivity contribution in [3.63, 3.8) is 0 Å². The molecule has 0 saturated heterocycles. The van der Waals surface area contributed by atoms with Gasteiger partial charge in [-0.15, -0.1) is 0 Å². The van der Waals surface area contributed by atoms with E-state index in [1.54, 1.807) is 15.5 Å². The normalized spacial score (nSPS) is 13.1. The molecule has 0 saturated carbocycles. The number of benzene rings is 1. The van der Waals surface area contributed by atoms with Crippen LogP contribution in [0.2, 0.25) is 5.76 Å². The molecule has 2 radical (unpaired) electrons. The van der Waals surface area contributed by atoms with Crippen molar-refractivity contribution in [2.75, 3.05) is 14.1 Å². The van der Waals surface area contributed by atoms with Gasteiger partial charge in [-0.3, -0.25) is 0 Å².